The molecule has 6 nitrogen and oxygen atoms in total. The van der Waals surface area contributed by atoms with Crippen molar-refractivity contribution >= 4 is 5.91 Å². The van der Waals surface area contributed by atoms with Crippen molar-refractivity contribution in [3.8, 4) is 5.75 Å². The number of benzene rings is 1. The number of ether oxygens (including phenoxy) is 1. The molecule has 0 unspecified atom stereocenters. The minimum absolute atomic E-state index is 0.0131. The van der Waals surface area contributed by atoms with Gasteiger partial charge in [-0.25, -0.2) is 4.98 Å². The number of carbonyl (C=O) groups excluding carboxylic acids is 1. The van der Waals surface area contributed by atoms with Crippen LogP contribution in [-0.4, -0.2) is 21.5 Å². The Labute approximate surface area is 140 Å². The van der Waals surface area contributed by atoms with Crippen LogP contribution in [0.2, 0.25) is 0 Å². The van der Waals surface area contributed by atoms with Gasteiger partial charge in [-0.15, -0.1) is 0 Å². The van der Waals surface area contributed by atoms with Crippen LogP contribution in [0.1, 0.15) is 53.6 Å². The lowest BCUT2D eigenvalue weighted by Gasteiger charge is -2.38. The first kappa shape index (κ1) is 16.2. The topological polar surface area (TPSA) is 84.1 Å². The average molecular weight is 327 g/mol. The Morgan fingerprint density at radius 3 is 2.83 bits per heavy atom. The molecule has 0 saturated heterocycles. The molecule has 0 saturated carbocycles. The number of rotatable bonds is 2. The van der Waals surface area contributed by atoms with Crippen molar-refractivity contribution in [1.82, 2.24) is 15.3 Å². The Bertz CT molecular complexity index is 855. The van der Waals surface area contributed by atoms with Gasteiger partial charge in [-0.05, 0) is 33.8 Å². The van der Waals surface area contributed by atoms with Gasteiger partial charge in [-0.3, -0.25) is 9.59 Å². The molecule has 6 heteroatoms. The molecule has 1 aliphatic heterocycles. The highest BCUT2D eigenvalue weighted by molar-refractivity contribution is 5.93. The number of carbonyl (C=O) groups is 1. The zero-order chi connectivity index (χ0) is 17.5. The van der Waals surface area contributed by atoms with E-state index in [1.165, 1.54) is 6.20 Å². The lowest BCUT2D eigenvalue weighted by atomic mass is 9.89. The highest BCUT2D eigenvalue weighted by atomic mass is 16.5. The summed E-state index contributed by atoms with van der Waals surface area (Å²) >= 11 is 0. The third kappa shape index (κ3) is 3.18. The molecule has 1 aromatic carbocycles. The van der Waals surface area contributed by atoms with Crippen LogP contribution in [-0.2, 0) is 0 Å². The number of hydrogen-bond acceptors (Lipinski definition) is 4. The van der Waals surface area contributed by atoms with E-state index in [1.54, 1.807) is 6.92 Å². The van der Waals surface area contributed by atoms with Crippen LogP contribution >= 0.6 is 0 Å². The number of aryl methyl sites for hydroxylation is 2. The molecule has 1 atom stereocenters. The first-order chi connectivity index (χ1) is 11.2. The van der Waals surface area contributed by atoms with Gasteiger partial charge >= 0.3 is 0 Å². The number of amides is 1. The van der Waals surface area contributed by atoms with E-state index in [1.807, 2.05) is 39.0 Å². The van der Waals surface area contributed by atoms with Crippen LogP contribution in [0.4, 0.5) is 0 Å². The number of fused-ring (bicyclic) bond motifs is 1. The van der Waals surface area contributed by atoms with Gasteiger partial charge in [0.25, 0.3) is 11.5 Å². The highest BCUT2D eigenvalue weighted by Gasteiger charge is 2.35. The fourth-order valence-corrected chi connectivity index (χ4v) is 2.98. The SMILES string of the molecule is Cc1ccc2c(c1)[C@@H](NC(=O)c1cnc(C)[nH]c1=O)CC(C)(C)O2. The van der Waals surface area contributed by atoms with E-state index < -0.39 is 17.1 Å². The zero-order valence-corrected chi connectivity index (χ0v) is 14.3. The summed E-state index contributed by atoms with van der Waals surface area (Å²) in [5.41, 5.74) is 1.19. The third-order valence-electron chi connectivity index (χ3n) is 4.10. The van der Waals surface area contributed by atoms with Gasteiger partial charge in [0.1, 0.15) is 22.7 Å². The van der Waals surface area contributed by atoms with E-state index in [0.29, 0.717) is 12.2 Å². The molecule has 2 aromatic rings. The van der Waals surface area contributed by atoms with Crippen LogP contribution in [0.5, 0.6) is 5.75 Å². The predicted molar refractivity (Wildman–Crippen MR) is 90.3 cm³/mol. The molecule has 0 fully saturated rings. The first-order valence-electron chi connectivity index (χ1n) is 7.91. The van der Waals surface area contributed by atoms with Gasteiger partial charge in [0.05, 0.1) is 6.04 Å². The number of aromatic amines is 1. The molecule has 126 valence electrons. The molecule has 24 heavy (non-hydrogen) atoms. The maximum atomic E-state index is 12.5. The van der Waals surface area contributed by atoms with Gasteiger partial charge < -0.3 is 15.0 Å². The smallest absolute Gasteiger partial charge is 0.263 e. The number of hydrogen-bond donors (Lipinski definition) is 2. The summed E-state index contributed by atoms with van der Waals surface area (Å²) in [4.78, 5) is 31.1. The molecule has 3 rings (SSSR count). The number of nitrogens with one attached hydrogen (secondary N) is 2. The van der Waals surface area contributed by atoms with Gasteiger partial charge in [-0.1, -0.05) is 17.7 Å². The largest absolute Gasteiger partial charge is 0.487 e. The summed E-state index contributed by atoms with van der Waals surface area (Å²) in [6.07, 6.45) is 1.93. The van der Waals surface area contributed by atoms with Crippen LogP contribution in [0, 0.1) is 13.8 Å². The first-order valence-corrected chi connectivity index (χ1v) is 7.91. The lowest BCUT2D eigenvalue weighted by Crippen LogP contribution is -2.42. The monoisotopic (exact) mass is 327 g/mol. The summed E-state index contributed by atoms with van der Waals surface area (Å²) in [6.45, 7) is 7.63. The van der Waals surface area contributed by atoms with Gasteiger partial charge in [-0.2, -0.15) is 0 Å². The van der Waals surface area contributed by atoms with E-state index in [0.717, 1.165) is 16.9 Å². The molecule has 1 amide bonds. The molecular weight excluding hydrogens is 306 g/mol. The molecule has 0 aliphatic carbocycles. The van der Waals surface area contributed by atoms with E-state index in [4.69, 9.17) is 4.74 Å². The highest BCUT2D eigenvalue weighted by Crippen LogP contribution is 2.39. The van der Waals surface area contributed by atoms with Crippen LogP contribution in [0.25, 0.3) is 0 Å². The molecule has 0 radical (unpaired) electrons. The second kappa shape index (κ2) is 5.78. The van der Waals surface area contributed by atoms with Gasteiger partial charge in [0, 0.05) is 18.2 Å². The summed E-state index contributed by atoms with van der Waals surface area (Å²) in [6, 6.07) is 5.68. The standard InChI is InChI=1S/C18H21N3O3/c1-10-5-6-15-12(7-10)14(8-18(3,4)24-15)21-17(23)13-9-19-11(2)20-16(13)22/h5-7,9,14H,8H2,1-4H3,(H,21,23)(H,19,20,22)/t14-/m0/s1. The molecule has 2 heterocycles. The quantitative estimate of drug-likeness (QED) is 0.887. The van der Waals surface area contributed by atoms with Crippen molar-refractivity contribution in [2.75, 3.05) is 0 Å². The van der Waals surface area contributed by atoms with Crippen molar-refractivity contribution in [1.29, 1.82) is 0 Å². The molecule has 2 N–H and O–H groups in total. The average Bonchev–Trinajstić information content (AvgIpc) is 2.47. The van der Waals surface area contributed by atoms with Gasteiger partial charge in [0.2, 0.25) is 0 Å². The molecule has 1 aromatic heterocycles. The lowest BCUT2D eigenvalue weighted by molar-refractivity contribution is 0.0619. The summed E-state index contributed by atoms with van der Waals surface area (Å²) in [5.74, 6) is 0.807. The maximum Gasteiger partial charge on any atom is 0.263 e. The van der Waals surface area contributed by atoms with E-state index in [9.17, 15) is 9.59 Å². The Morgan fingerprint density at radius 2 is 2.12 bits per heavy atom. The fourth-order valence-electron chi connectivity index (χ4n) is 2.98. The Balaban J connectivity index is 1.93. The summed E-state index contributed by atoms with van der Waals surface area (Å²) in [7, 11) is 0. The molecular formula is C18H21N3O3. The normalized spacial score (nSPS) is 18.4. The minimum Gasteiger partial charge on any atom is -0.487 e. The summed E-state index contributed by atoms with van der Waals surface area (Å²) < 4.78 is 6.00. The van der Waals surface area contributed by atoms with Crippen molar-refractivity contribution < 1.29 is 9.53 Å². The van der Waals surface area contributed by atoms with E-state index in [2.05, 4.69) is 15.3 Å². The number of H-pyrrole nitrogens is 1. The summed E-state index contributed by atoms with van der Waals surface area (Å²) in [5, 5.41) is 2.96. The molecule has 0 spiro atoms. The molecule has 0 bridgehead atoms. The van der Waals surface area contributed by atoms with Crippen molar-refractivity contribution in [3.63, 3.8) is 0 Å². The van der Waals surface area contributed by atoms with E-state index in [-0.39, 0.29) is 11.6 Å². The van der Waals surface area contributed by atoms with Crippen LogP contribution in [0.3, 0.4) is 0 Å². The Hall–Kier alpha value is -2.63. The number of aromatic nitrogens is 2. The Morgan fingerprint density at radius 1 is 1.38 bits per heavy atom. The van der Waals surface area contributed by atoms with E-state index >= 15 is 0 Å². The van der Waals surface area contributed by atoms with Crippen LogP contribution < -0.4 is 15.6 Å². The predicted octanol–water partition coefficient (Wildman–Crippen LogP) is 2.42. The minimum atomic E-state index is -0.434. The zero-order valence-electron chi connectivity index (χ0n) is 14.3. The third-order valence-corrected chi connectivity index (χ3v) is 4.10. The van der Waals surface area contributed by atoms with Gasteiger partial charge in [0.15, 0.2) is 0 Å². The van der Waals surface area contributed by atoms with Crippen LogP contribution in [0.15, 0.2) is 29.2 Å². The molecule has 1 aliphatic rings. The Kier molecular flexibility index (Phi) is 3.91. The van der Waals surface area contributed by atoms with Crippen molar-refractivity contribution in [2.24, 2.45) is 0 Å². The maximum absolute atomic E-state index is 12.5. The van der Waals surface area contributed by atoms with Crippen molar-refractivity contribution in [2.45, 2.75) is 45.8 Å². The van der Waals surface area contributed by atoms with Crippen molar-refractivity contribution in [3.05, 3.63) is 57.3 Å². The second-order valence-corrected chi connectivity index (χ2v) is 6.84. The number of nitrogens with zero attached hydrogens (tertiary/aromatic N) is 1. The fraction of sp³-hybridized carbons (Fsp3) is 0.389. The second-order valence-electron chi connectivity index (χ2n) is 6.84.